The number of carbonyl (C=O) groups is 2. The maximum atomic E-state index is 12.9. The maximum Gasteiger partial charge on any atom is 0.326 e. The van der Waals surface area contributed by atoms with Crippen LogP contribution in [0.2, 0.25) is 0 Å². The number of hydrogen-bond donors (Lipinski definition) is 3. The number of hydrogen-bond acceptors (Lipinski definition) is 3. The third-order valence-electron chi connectivity index (χ3n) is 4.45. The van der Waals surface area contributed by atoms with Crippen molar-refractivity contribution in [1.29, 1.82) is 0 Å². The molecule has 2 atom stereocenters. The number of nitrogens with one attached hydrogen (secondary N) is 2. The van der Waals surface area contributed by atoms with Crippen LogP contribution in [0.3, 0.4) is 0 Å². The van der Waals surface area contributed by atoms with Crippen LogP contribution in [0.1, 0.15) is 46.1 Å². The van der Waals surface area contributed by atoms with Crippen LogP contribution in [-0.4, -0.2) is 33.3 Å². The number of rotatable bonds is 9. The van der Waals surface area contributed by atoms with E-state index in [0.717, 1.165) is 21.4 Å². The molecule has 3 N–H and O–H groups in total. The summed E-state index contributed by atoms with van der Waals surface area (Å²) in [6.07, 6.45) is 3.04. The Morgan fingerprint density at radius 2 is 1.81 bits per heavy atom. The van der Waals surface area contributed by atoms with E-state index in [1.54, 1.807) is 0 Å². The Kier molecular flexibility index (Phi) is 7.36. The largest absolute Gasteiger partial charge is 0.480 e. The molecule has 0 unspecified atom stereocenters. The lowest BCUT2D eigenvalue weighted by Crippen LogP contribution is -2.45. The molecule has 2 rings (SSSR count). The minimum absolute atomic E-state index is 0.193. The van der Waals surface area contributed by atoms with Crippen LogP contribution >= 0.6 is 11.8 Å². The average molecular weight is 391 g/mol. The molecular formula is C21H30N2O3S. The molecule has 1 amide bonds. The van der Waals surface area contributed by atoms with Crippen molar-refractivity contribution in [2.45, 2.75) is 63.6 Å². The molecule has 0 aliphatic rings. The highest BCUT2D eigenvalue weighted by Crippen LogP contribution is 2.35. The number of carbonyl (C=O) groups excluding carboxylic acids is 1. The van der Waals surface area contributed by atoms with Gasteiger partial charge in [0.2, 0.25) is 5.91 Å². The predicted molar refractivity (Wildman–Crippen MR) is 111 cm³/mol. The van der Waals surface area contributed by atoms with Crippen LogP contribution in [0.4, 0.5) is 0 Å². The van der Waals surface area contributed by atoms with Gasteiger partial charge in [-0.25, -0.2) is 4.79 Å². The summed E-state index contributed by atoms with van der Waals surface area (Å²) in [5.41, 5.74) is 2.20. The predicted octanol–water partition coefficient (Wildman–Crippen LogP) is 4.60. The zero-order valence-corrected chi connectivity index (χ0v) is 17.5. The standard InChI is InChI=1S/C21H30N2O3S/c1-12(2)9-16(21(25)26)23-20(24)17(10-13(3)4)27-18-11-22-15-8-6-7-14(5)19(15)18/h6-8,11-13,16-17,22H,9-10H2,1-5H3,(H,23,24)(H,25,26)/t16-,17+/m0/s1. The molecule has 1 aromatic carbocycles. The first-order chi connectivity index (χ1) is 12.7. The smallest absolute Gasteiger partial charge is 0.326 e. The highest BCUT2D eigenvalue weighted by molar-refractivity contribution is 8.00. The maximum absolute atomic E-state index is 12.9. The van der Waals surface area contributed by atoms with Gasteiger partial charge in [-0.1, -0.05) is 39.8 Å². The van der Waals surface area contributed by atoms with Crippen molar-refractivity contribution in [2.24, 2.45) is 11.8 Å². The minimum Gasteiger partial charge on any atom is -0.480 e. The van der Waals surface area contributed by atoms with Gasteiger partial charge in [0, 0.05) is 22.0 Å². The quantitative estimate of drug-likeness (QED) is 0.547. The second-order valence-corrected chi connectivity index (χ2v) is 9.16. The number of amides is 1. The first-order valence-corrected chi connectivity index (χ1v) is 10.3. The highest BCUT2D eigenvalue weighted by Gasteiger charge is 2.28. The zero-order valence-electron chi connectivity index (χ0n) is 16.7. The lowest BCUT2D eigenvalue weighted by molar-refractivity contribution is -0.142. The van der Waals surface area contributed by atoms with E-state index in [0.29, 0.717) is 18.8 Å². The van der Waals surface area contributed by atoms with Crippen LogP contribution in [0, 0.1) is 18.8 Å². The summed E-state index contributed by atoms with van der Waals surface area (Å²) < 4.78 is 0. The summed E-state index contributed by atoms with van der Waals surface area (Å²) in [7, 11) is 0. The van der Waals surface area contributed by atoms with Crippen molar-refractivity contribution in [2.75, 3.05) is 0 Å². The number of carboxylic acid groups (broad SMARTS) is 1. The number of aryl methyl sites for hydroxylation is 1. The number of fused-ring (bicyclic) bond motifs is 1. The van der Waals surface area contributed by atoms with Gasteiger partial charge in [0.1, 0.15) is 6.04 Å². The molecule has 0 saturated heterocycles. The number of carboxylic acids is 1. The normalized spacial score (nSPS) is 13.9. The fourth-order valence-electron chi connectivity index (χ4n) is 3.17. The number of H-pyrrole nitrogens is 1. The monoisotopic (exact) mass is 390 g/mol. The summed E-state index contributed by atoms with van der Waals surface area (Å²) in [6, 6.07) is 5.23. The van der Waals surface area contributed by atoms with Crippen molar-refractivity contribution >= 4 is 34.5 Å². The molecule has 0 spiro atoms. The van der Waals surface area contributed by atoms with Crippen molar-refractivity contribution in [3.8, 4) is 0 Å². The molecule has 27 heavy (non-hydrogen) atoms. The van der Waals surface area contributed by atoms with Crippen LogP contribution in [0.25, 0.3) is 10.9 Å². The van der Waals surface area contributed by atoms with Gasteiger partial charge in [-0.15, -0.1) is 11.8 Å². The molecule has 0 saturated carbocycles. The Balaban J connectivity index is 2.23. The molecule has 0 fully saturated rings. The van der Waals surface area contributed by atoms with Gasteiger partial charge in [0.25, 0.3) is 0 Å². The highest BCUT2D eigenvalue weighted by atomic mass is 32.2. The number of thioether (sulfide) groups is 1. The van der Waals surface area contributed by atoms with Crippen LogP contribution in [0.15, 0.2) is 29.3 Å². The third-order valence-corrected chi connectivity index (χ3v) is 5.71. The molecule has 5 nitrogen and oxygen atoms in total. The van der Waals surface area contributed by atoms with Crippen molar-refractivity contribution in [3.63, 3.8) is 0 Å². The molecule has 6 heteroatoms. The lowest BCUT2D eigenvalue weighted by Gasteiger charge is -2.22. The Hall–Kier alpha value is -1.95. The van der Waals surface area contributed by atoms with Crippen LogP contribution < -0.4 is 5.32 Å². The number of benzene rings is 1. The fourth-order valence-corrected chi connectivity index (χ4v) is 4.65. The van der Waals surface area contributed by atoms with Crippen LogP contribution in [0.5, 0.6) is 0 Å². The first-order valence-electron chi connectivity index (χ1n) is 9.45. The molecule has 2 aromatic rings. The molecule has 0 bridgehead atoms. The Labute approximate surface area is 165 Å². The van der Waals surface area contributed by atoms with Gasteiger partial charge in [-0.3, -0.25) is 4.79 Å². The van der Waals surface area contributed by atoms with Gasteiger partial charge in [0.05, 0.1) is 5.25 Å². The average Bonchev–Trinajstić information content (AvgIpc) is 2.97. The number of aliphatic carboxylic acids is 1. The molecular weight excluding hydrogens is 360 g/mol. The van der Waals surface area contributed by atoms with Crippen molar-refractivity contribution < 1.29 is 14.7 Å². The number of aromatic nitrogens is 1. The van der Waals surface area contributed by atoms with E-state index >= 15 is 0 Å². The molecule has 0 radical (unpaired) electrons. The minimum atomic E-state index is -0.978. The van der Waals surface area contributed by atoms with E-state index in [4.69, 9.17) is 0 Å². The Morgan fingerprint density at radius 1 is 1.15 bits per heavy atom. The fraction of sp³-hybridized carbons (Fsp3) is 0.524. The van der Waals surface area contributed by atoms with E-state index in [-0.39, 0.29) is 17.1 Å². The van der Waals surface area contributed by atoms with E-state index in [9.17, 15) is 14.7 Å². The van der Waals surface area contributed by atoms with Crippen molar-refractivity contribution in [1.82, 2.24) is 10.3 Å². The summed E-state index contributed by atoms with van der Waals surface area (Å²) >= 11 is 1.51. The second-order valence-electron chi connectivity index (χ2n) is 7.92. The molecule has 148 valence electrons. The summed E-state index contributed by atoms with van der Waals surface area (Å²) in [6.45, 7) is 10.1. The molecule has 1 aromatic heterocycles. The van der Waals surface area contributed by atoms with Gasteiger partial charge >= 0.3 is 5.97 Å². The van der Waals surface area contributed by atoms with Gasteiger partial charge in [-0.2, -0.15) is 0 Å². The Morgan fingerprint density at radius 3 is 2.41 bits per heavy atom. The van der Waals surface area contributed by atoms with Crippen molar-refractivity contribution in [3.05, 3.63) is 30.0 Å². The van der Waals surface area contributed by atoms with Gasteiger partial charge < -0.3 is 15.4 Å². The summed E-state index contributed by atoms with van der Waals surface area (Å²) in [4.78, 5) is 28.7. The van der Waals surface area contributed by atoms with Gasteiger partial charge in [0.15, 0.2) is 0 Å². The van der Waals surface area contributed by atoms with Gasteiger partial charge in [-0.05, 0) is 43.2 Å². The summed E-state index contributed by atoms with van der Waals surface area (Å²) in [5.74, 6) is -0.662. The number of aromatic amines is 1. The van der Waals surface area contributed by atoms with E-state index in [1.165, 1.54) is 11.8 Å². The van der Waals surface area contributed by atoms with E-state index < -0.39 is 12.0 Å². The zero-order chi connectivity index (χ0) is 20.1. The Bertz CT molecular complexity index is 798. The van der Waals surface area contributed by atoms with Crippen LogP contribution in [-0.2, 0) is 9.59 Å². The molecule has 0 aliphatic heterocycles. The lowest BCUT2D eigenvalue weighted by atomic mass is 10.0. The second kappa shape index (κ2) is 9.31. The molecule has 1 heterocycles. The van der Waals surface area contributed by atoms with E-state index in [2.05, 4.69) is 37.1 Å². The summed E-state index contributed by atoms with van der Waals surface area (Å²) in [5, 5.41) is 13.0. The third kappa shape index (κ3) is 5.76. The topological polar surface area (TPSA) is 82.2 Å². The SMILES string of the molecule is Cc1cccc2[nH]cc(S[C@H](CC(C)C)C(=O)N[C@@H](CC(C)C)C(=O)O)c12. The first kappa shape index (κ1) is 21.4. The molecule has 0 aliphatic carbocycles. The van der Waals surface area contributed by atoms with E-state index in [1.807, 2.05) is 32.2 Å².